The molecule has 0 spiro atoms. The van der Waals surface area contributed by atoms with Crippen molar-refractivity contribution in [3.8, 4) is 0 Å². The van der Waals surface area contributed by atoms with Gasteiger partial charge in [-0.15, -0.1) is 11.8 Å². The van der Waals surface area contributed by atoms with Gasteiger partial charge in [-0.3, -0.25) is 14.4 Å². The SMILES string of the molecule is CC(=O)NC1C(=O)N2CC(CO)(C(=O)OC(c3ccccc3)c3ccccc3)CS[C@H]12. The molecule has 2 aliphatic heterocycles. The number of carbonyl (C=O) groups is 3. The van der Waals surface area contributed by atoms with Crippen LogP contribution in [0.15, 0.2) is 60.7 Å². The first-order valence-electron chi connectivity index (χ1n) is 10.1. The molecular weight excluding hydrogens is 416 g/mol. The number of hydrogen-bond donors (Lipinski definition) is 2. The Morgan fingerprint density at radius 2 is 1.74 bits per heavy atom. The van der Waals surface area contributed by atoms with Gasteiger partial charge in [-0.2, -0.15) is 0 Å². The standard InChI is InChI=1S/C23H24N2O5S/c1-15(27)24-18-20(28)25-12-23(13-26,14-31-21(18)25)22(29)30-19(16-8-4-2-5-9-16)17-10-6-3-7-11-17/h2-11,18-19,21,26H,12-14H2,1H3,(H,24,27)/t18?,21-,23?/m1/s1. The second-order valence-electron chi connectivity index (χ2n) is 7.89. The van der Waals surface area contributed by atoms with Crippen LogP contribution < -0.4 is 5.32 Å². The first kappa shape index (κ1) is 21.4. The topological polar surface area (TPSA) is 95.9 Å². The molecule has 2 heterocycles. The van der Waals surface area contributed by atoms with Crippen LogP contribution in [0, 0.1) is 5.41 Å². The molecule has 2 amide bonds. The summed E-state index contributed by atoms with van der Waals surface area (Å²) in [5.41, 5.74) is 0.421. The fourth-order valence-corrected chi connectivity index (χ4v) is 5.47. The highest BCUT2D eigenvalue weighted by atomic mass is 32.2. The molecule has 2 aliphatic rings. The van der Waals surface area contributed by atoms with Crippen LogP contribution in [0.25, 0.3) is 0 Å². The van der Waals surface area contributed by atoms with E-state index in [1.165, 1.54) is 23.6 Å². The van der Waals surface area contributed by atoms with Gasteiger partial charge in [0.05, 0.1) is 6.61 Å². The van der Waals surface area contributed by atoms with Crippen LogP contribution in [-0.4, -0.2) is 58.1 Å². The van der Waals surface area contributed by atoms with Crippen molar-refractivity contribution in [2.24, 2.45) is 5.41 Å². The van der Waals surface area contributed by atoms with Crippen LogP contribution in [0.2, 0.25) is 0 Å². The number of nitrogens with zero attached hydrogens (tertiary/aromatic N) is 1. The van der Waals surface area contributed by atoms with Crippen molar-refractivity contribution in [2.75, 3.05) is 18.9 Å². The Bertz CT molecular complexity index is 931. The summed E-state index contributed by atoms with van der Waals surface area (Å²) in [5.74, 6) is -0.774. The van der Waals surface area contributed by atoms with Crippen molar-refractivity contribution in [2.45, 2.75) is 24.4 Å². The predicted octanol–water partition coefficient (Wildman–Crippen LogP) is 1.72. The number of esters is 1. The van der Waals surface area contributed by atoms with E-state index < -0.39 is 30.1 Å². The second-order valence-corrected chi connectivity index (χ2v) is 9.00. The molecular formula is C23H24N2O5S. The lowest BCUT2D eigenvalue weighted by atomic mass is 9.87. The van der Waals surface area contributed by atoms with Crippen molar-refractivity contribution in [1.29, 1.82) is 0 Å². The molecule has 2 saturated heterocycles. The van der Waals surface area contributed by atoms with Crippen LogP contribution >= 0.6 is 11.8 Å². The van der Waals surface area contributed by atoms with Crippen molar-refractivity contribution in [1.82, 2.24) is 10.2 Å². The van der Waals surface area contributed by atoms with Gasteiger partial charge in [-0.05, 0) is 11.1 Å². The summed E-state index contributed by atoms with van der Waals surface area (Å²) in [4.78, 5) is 38.7. The Morgan fingerprint density at radius 1 is 1.16 bits per heavy atom. The van der Waals surface area contributed by atoms with Gasteiger partial charge in [0.15, 0.2) is 6.10 Å². The molecule has 0 saturated carbocycles. The zero-order valence-corrected chi connectivity index (χ0v) is 17.9. The zero-order chi connectivity index (χ0) is 22.0. The van der Waals surface area contributed by atoms with E-state index in [-0.39, 0.29) is 23.7 Å². The Kier molecular flexibility index (Phi) is 6.02. The Hall–Kier alpha value is -2.84. The predicted molar refractivity (Wildman–Crippen MR) is 116 cm³/mol. The number of β-lactam (4-membered cyclic amide) rings is 1. The van der Waals surface area contributed by atoms with E-state index in [1.54, 1.807) is 0 Å². The molecule has 2 N–H and O–H groups in total. The van der Waals surface area contributed by atoms with Crippen molar-refractivity contribution < 1.29 is 24.2 Å². The van der Waals surface area contributed by atoms with Gasteiger partial charge in [0.2, 0.25) is 11.8 Å². The highest BCUT2D eigenvalue weighted by Gasteiger charge is 2.57. The summed E-state index contributed by atoms with van der Waals surface area (Å²) in [7, 11) is 0. The molecule has 0 radical (unpaired) electrons. The number of aliphatic hydroxyl groups excluding tert-OH is 1. The smallest absolute Gasteiger partial charge is 0.318 e. The molecule has 2 aromatic rings. The molecule has 0 aromatic heterocycles. The van der Waals surface area contributed by atoms with Crippen molar-refractivity contribution >= 4 is 29.5 Å². The molecule has 2 fully saturated rings. The molecule has 3 atom stereocenters. The molecule has 4 rings (SSSR count). The summed E-state index contributed by atoms with van der Waals surface area (Å²) in [6.45, 7) is 0.994. The van der Waals surface area contributed by atoms with Gasteiger partial charge in [0.1, 0.15) is 16.8 Å². The van der Waals surface area contributed by atoms with Gasteiger partial charge in [0, 0.05) is 19.2 Å². The maximum absolute atomic E-state index is 13.3. The van der Waals surface area contributed by atoms with E-state index in [9.17, 15) is 19.5 Å². The third kappa shape index (κ3) is 4.05. The number of rotatable bonds is 6. The molecule has 162 valence electrons. The average Bonchev–Trinajstić information content (AvgIpc) is 2.81. The average molecular weight is 441 g/mol. The molecule has 2 unspecified atom stereocenters. The number of ether oxygens (including phenoxy) is 1. The van der Waals surface area contributed by atoms with Crippen LogP contribution in [0.5, 0.6) is 0 Å². The molecule has 7 nitrogen and oxygen atoms in total. The highest BCUT2D eigenvalue weighted by Crippen LogP contribution is 2.43. The molecule has 2 aromatic carbocycles. The second kappa shape index (κ2) is 8.72. The molecule has 31 heavy (non-hydrogen) atoms. The number of aliphatic hydroxyl groups is 1. The largest absolute Gasteiger partial charge is 0.452 e. The summed E-state index contributed by atoms with van der Waals surface area (Å²) < 4.78 is 5.97. The number of benzene rings is 2. The Morgan fingerprint density at radius 3 is 2.26 bits per heavy atom. The molecule has 8 heteroatoms. The Labute approximate surface area is 184 Å². The van der Waals surface area contributed by atoms with E-state index in [4.69, 9.17) is 4.74 Å². The number of fused-ring (bicyclic) bond motifs is 1. The lowest BCUT2D eigenvalue weighted by Gasteiger charge is -2.53. The lowest BCUT2D eigenvalue weighted by Crippen LogP contribution is -2.74. The van der Waals surface area contributed by atoms with Gasteiger partial charge < -0.3 is 20.1 Å². The fourth-order valence-electron chi connectivity index (χ4n) is 3.95. The van der Waals surface area contributed by atoms with Gasteiger partial charge in [-0.1, -0.05) is 60.7 Å². The third-order valence-corrected chi connectivity index (χ3v) is 7.26. The van der Waals surface area contributed by atoms with E-state index in [1.807, 2.05) is 60.7 Å². The molecule has 0 bridgehead atoms. The number of thioether (sulfide) groups is 1. The van der Waals surface area contributed by atoms with Crippen molar-refractivity contribution in [3.05, 3.63) is 71.8 Å². The monoisotopic (exact) mass is 440 g/mol. The summed E-state index contributed by atoms with van der Waals surface area (Å²) >= 11 is 1.37. The minimum absolute atomic E-state index is 0.0607. The number of nitrogens with one attached hydrogen (secondary N) is 1. The maximum Gasteiger partial charge on any atom is 0.318 e. The molecule has 0 aliphatic carbocycles. The van der Waals surface area contributed by atoms with Crippen molar-refractivity contribution in [3.63, 3.8) is 0 Å². The summed E-state index contributed by atoms with van der Waals surface area (Å²) in [6.07, 6.45) is -0.625. The van der Waals surface area contributed by atoms with Crippen LogP contribution in [0.1, 0.15) is 24.2 Å². The summed E-state index contributed by atoms with van der Waals surface area (Å²) in [5, 5.41) is 12.6. The van der Waals surface area contributed by atoms with Gasteiger partial charge >= 0.3 is 5.97 Å². The maximum atomic E-state index is 13.3. The highest BCUT2D eigenvalue weighted by molar-refractivity contribution is 8.00. The minimum Gasteiger partial charge on any atom is -0.452 e. The van der Waals surface area contributed by atoms with Crippen LogP contribution in [-0.2, 0) is 19.1 Å². The fraction of sp³-hybridized carbons (Fsp3) is 0.348. The van der Waals surface area contributed by atoms with Gasteiger partial charge in [0.25, 0.3) is 0 Å². The van der Waals surface area contributed by atoms with Crippen LogP contribution in [0.4, 0.5) is 0 Å². The van der Waals surface area contributed by atoms with Gasteiger partial charge in [-0.25, -0.2) is 0 Å². The quantitative estimate of drug-likeness (QED) is 0.525. The minimum atomic E-state index is -1.22. The first-order chi connectivity index (χ1) is 14.9. The lowest BCUT2D eigenvalue weighted by molar-refractivity contribution is -0.168. The number of hydrogen-bond acceptors (Lipinski definition) is 6. The first-order valence-corrected chi connectivity index (χ1v) is 11.1. The normalized spacial score (nSPS) is 24.9. The zero-order valence-electron chi connectivity index (χ0n) is 17.1. The third-order valence-electron chi connectivity index (χ3n) is 5.67. The van der Waals surface area contributed by atoms with E-state index in [0.717, 1.165) is 11.1 Å². The van der Waals surface area contributed by atoms with E-state index in [0.29, 0.717) is 5.75 Å². The summed E-state index contributed by atoms with van der Waals surface area (Å²) in [6, 6.07) is 18.3. The number of amides is 2. The van der Waals surface area contributed by atoms with Crippen LogP contribution in [0.3, 0.4) is 0 Å². The Balaban J connectivity index is 1.54. The number of carbonyl (C=O) groups excluding carboxylic acids is 3. The van der Waals surface area contributed by atoms with E-state index in [2.05, 4.69) is 5.32 Å². The van der Waals surface area contributed by atoms with E-state index >= 15 is 0 Å².